The number of benzene rings is 2. The first-order valence-electron chi connectivity index (χ1n) is 9.99. The van der Waals surface area contributed by atoms with Gasteiger partial charge in [0.1, 0.15) is 6.10 Å². The third-order valence-electron chi connectivity index (χ3n) is 5.51. The number of aromatic nitrogens is 1. The molecule has 1 aromatic heterocycles. The standard InChI is InChI=1S/C24H22N2O3/c27-24(17-5-8-23(25-15-17)29-20-9-11-28-12-10-20)26-19-6-7-22-18(14-19)13-16-3-1-2-4-21(16)22/h1-8,14-15,20H,9-13H2,(H,26,27). The van der Waals surface area contributed by atoms with Crippen LogP contribution in [0.15, 0.2) is 60.8 Å². The molecule has 0 spiro atoms. The van der Waals surface area contributed by atoms with Gasteiger partial charge < -0.3 is 14.8 Å². The molecule has 1 N–H and O–H groups in total. The summed E-state index contributed by atoms with van der Waals surface area (Å²) in [6, 6.07) is 18.0. The summed E-state index contributed by atoms with van der Waals surface area (Å²) in [5, 5.41) is 2.98. The normalized spacial score (nSPS) is 15.4. The number of nitrogens with zero attached hydrogens (tertiary/aromatic N) is 1. The molecule has 5 nitrogen and oxygen atoms in total. The zero-order valence-electron chi connectivity index (χ0n) is 16.1. The number of hydrogen-bond donors (Lipinski definition) is 1. The van der Waals surface area contributed by atoms with Crippen molar-refractivity contribution in [2.45, 2.75) is 25.4 Å². The Morgan fingerprint density at radius 2 is 1.83 bits per heavy atom. The van der Waals surface area contributed by atoms with E-state index >= 15 is 0 Å². The number of carbonyl (C=O) groups excluding carboxylic acids is 1. The Labute approximate surface area is 169 Å². The van der Waals surface area contributed by atoms with Crippen LogP contribution in [-0.4, -0.2) is 30.2 Å². The van der Waals surface area contributed by atoms with Gasteiger partial charge in [0.2, 0.25) is 5.88 Å². The highest BCUT2D eigenvalue weighted by Gasteiger charge is 2.19. The molecule has 1 fully saturated rings. The van der Waals surface area contributed by atoms with Crippen molar-refractivity contribution in [3.05, 3.63) is 77.5 Å². The van der Waals surface area contributed by atoms with Gasteiger partial charge in [-0.1, -0.05) is 30.3 Å². The molecule has 0 atom stereocenters. The quantitative estimate of drug-likeness (QED) is 0.562. The molecule has 1 aliphatic carbocycles. The summed E-state index contributed by atoms with van der Waals surface area (Å²) in [4.78, 5) is 16.9. The van der Waals surface area contributed by atoms with Crippen molar-refractivity contribution >= 4 is 11.6 Å². The van der Waals surface area contributed by atoms with Crippen molar-refractivity contribution in [1.82, 2.24) is 4.98 Å². The van der Waals surface area contributed by atoms with E-state index in [-0.39, 0.29) is 12.0 Å². The van der Waals surface area contributed by atoms with Crippen molar-refractivity contribution in [2.24, 2.45) is 0 Å². The molecule has 5 heteroatoms. The highest BCUT2D eigenvalue weighted by Crippen LogP contribution is 2.37. The lowest BCUT2D eigenvalue weighted by Crippen LogP contribution is -2.26. The van der Waals surface area contributed by atoms with Gasteiger partial charge in [0.15, 0.2) is 0 Å². The molecule has 0 saturated carbocycles. The van der Waals surface area contributed by atoms with Crippen molar-refractivity contribution in [3.63, 3.8) is 0 Å². The van der Waals surface area contributed by atoms with Crippen LogP contribution in [-0.2, 0) is 11.2 Å². The van der Waals surface area contributed by atoms with Crippen LogP contribution >= 0.6 is 0 Å². The number of anilines is 1. The topological polar surface area (TPSA) is 60.5 Å². The van der Waals surface area contributed by atoms with Crippen LogP contribution in [0.25, 0.3) is 11.1 Å². The lowest BCUT2D eigenvalue weighted by Gasteiger charge is -2.22. The fourth-order valence-electron chi connectivity index (χ4n) is 3.98. The largest absolute Gasteiger partial charge is 0.474 e. The third kappa shape index (κ3) is 3.74. The molecule has 0 bridgehead atoms. The van der Waals surface area contributed by atoms with Crippen LogP contribution in [0.2, 0.25) is 0 Å². The van der Waals surface area contributed by atoms with E-state index in [1.54, 1.807) is 18.3 Å². The second-order valence-corrected chi connectivity index (χ2v) is 7.47. The Kier molecular flexibility index (Phi) is 4.74. The fourth-order valence-corrected chi connectivity index (χ4v) is 3.98. The Hall–Kier alpha value is -3.18. The molecule has 146 valence electrons. The lowest BCUT2D eigenvalue weighted by atomic mass is 10.1. The smallest absolute Gasteiger partial charge is 0.257 e. The van der Waals surface area contributed by atoms with E-state index in [1.807, 2.05) is 6.07 Å². The molecule has 29 heavy (non-hydrogen) atoms. The number of pyridine rings is 1. The predicted molar refractivity (Wildman–Crippen MR) is 111 cm³/mol. The summed E-state index contributed by atoms with van der Waals surface area (Å²) in [5.41, 5.74) is 6.40. The van der Waals surface area contributed by atoms with E-state index in [4.69, 9.17) is 9.47 Å². The van der Waals surface area contributed by atoms with Crippen LogP contribution in [0.3, 0.4) is 0 Å². The monoisotopic (exact) mass is 386 g/mol. The van der Waals surface area contributed by atoms with Crippen LogP contribution in [0, 0.1) is 0 Å². The molecular formula is C24H22N2O3. The van der Waals surface area contributed by atoms with Gasteiger partial charge >= 0.3 is 0 Å². The van der Waals surface area contributed by atoms with Crippen molar-refractivity contribution in [2.75, 3.05) is 18.5 Å². The average Bonchev–Trinajstić information content (AvgIpc) is 3.13. The van der Waals surface area contributed by atoms with Gasteiger partial charge in [-0.05, 0) is 46.9 Å². The molecule has 1 aliphatic heterocycles. The van der Waals surface area contributed by atoms with Crippen LogP contribution in [0.5, 0.6) is 5.88 Å². The first-order valence-corrected chi connectivity index (χ1v) is 9.99. The minimum absolute atomic E-state index is 0.131. The Morgan fingerprint density at radius 1 is 1.00 bits per heavy atom. The number of ether oxygens (including phenoxy) is 2. The van der Waals surface area contributed by atoms with Gasteiger partial charge in [0.05, 0.1) is 18.8 Å². The molecule has 1 amide bonds. The number of amides is 1. The highest BCUT2D eigenvalue weighted by molar-refractivity contribution is 6.04. The molecule has 2 aliphatic rings. The predicted octanol–water partition coefficient (Wildman–Crippen LogP) is 4.46. The van der Waals surface area contributed by atoms with Gasteiger partial charge in [-0.15, -0.1) is 0 Å². The van der Waals surface area contributed by atoms with Gasteiger partial charge in [0.25, 0.3) is 5.91 Å². The zero-order chi connectivity index (χ0) is 19.6. The van der Waals surface area contributed by atoms with Gasteiger partial charge in [-0.25, -0.2) is 4.98 Å². The fraction of sp³-hybridized carbons (Fsp3) is 0.250. The number of fused-ring (bicyclic) bond motifs is 3. The van der Waals surface area contributed by atoms with Gasteiger partial charge in [0, 0.05) is 30.8 Å². The first kappa shape index (κ1) is 17.9. The number of hydrogen-bond acceptors (Lipinski definition) is 4. The summed E-state index contributed by atoms with van der Waals surface area (Å²) < 4.78 is 11.2. The average molecular weight is 386 g/mol. The molecular weight excluding hydrogens is 364 g/mol. The summed E-state index contributed by atoms with van der Waals surface area (Å²) >= 11 is 0. The molecule has 5 rings (SSSR count). The highest BCUT2D eigenvalue weighted by atomic mass is 16.5. The van der Waals surface area contributed by atoms with E-state index in [2.05, 4.69) is 46.7 Å². The lowest BCUT2D eigenvalue weighted by molar-refractivity contribution is 0.0237. The molecule has 1 saturated heterocycles. The van der Waals surface area contributed by atoms with E-state index in [0.717, 1.165) is 38.2 Å². The van der Waals surface area contributed by atoms with Gasteiger partial charge in [-0.3, -0.25) is 4.79 Å². The Morgan fingerprint density at radius 3 is 2.66 bits per heavy atom. The zero-order valence-corrected chi connectivity index (χ0v) is 16.1. The van der Waals surface area contributed by atoms with Crippen molar-refractivity contribution < 1.29 is 14.3 Å². The van der Waals surface area contributed by atoms with Crippen LogP contribution < -0.4 is 10.1 Å². The first-order chi connectivity index (χ1) is 14.3. The molecule has 3 aromatic rings. The van der Waals surface area contributed by atoms with E-state index in [0.29, 0.717) is 11.4 Å². The maximum absolute atomic E-state index is 12.6. The summed E-state index contributed by atoms with van der Waals surface area (Å²) in [5.74, 6) is 0.370. The second kappa shape index (κ2) is 7.68. The minimum Gasteiger partial charge on any atom is -0.474 e. The number of rotatable bonds is 4. The summed E-state index contributed by atoms with van der Waals surface area (Å²) in [6.45, 7) is 1.44. The Balaban J connectivity index is 1.25. The maximum atomic E-state index is 12.6. The Bertz CT molecular complexity index is 1040. The van der Waals surface area contributed by atoms with Gasteiger partial charge in [-0.2, -0.15) is 0 Å². The minimum atomic E-state index is -0.175. The third-order valence-corrected chi connectivity index (χ3v) is 5.51. The SMILES string of the molecule is O=C(Nc1ccc2c(c1)Cc1ccccc1-2)c1ccc(OC2CCOCC2)nc1. The van der Waals surface area contributed by atoms with Crippen LogP contribution in [0.4, 0.5) is 5.69 Å². The second-order valence-electron chi connectivity index (χ2n) is 7.47. The summed E-state index contributed by atoms with van der Waals surface area (Å²) in [7, 11) is 0. The molecule has 2 aromatic carbocycles. The summed E-state index contributed by atoms with van der Waals surface area (Å²) in [6.07, 6.45) is 4.33. The molecule has 0 radical (unpaired) electrons. The molecule has 0 unspecified atom stereocenters. The molecule has 2 heterocycles. The van der Waals surface area contributed by atoms with E-state index in [9.17, 15) is 4.79 Å². The number of nitrogens with one attached hydrogen (secondary N) is 1. The van der Waals surface area contributed by atoms with E-state index in [1.165, 1.54) is 22.3 Å². The van der Waals surface area contributed by atoms with Crippen LogP contribution in [0.1, 0.15) is 34.3 Å². The number of carbonyl (C=O) groups is 1. The van der Waals surface area contributed by atoms with Crippen molar-refractivity contribution in [3.8, 4) is 17.0 Å². The maximum Gasteiger partial charge on any atom is 0.257 e. The van der Waals surface area contributed by atoms with E-state index < -0.39 is 0 Å². The van der Waals surface area contributed by atoms with Crippen molar-refractivity contribution in [1.29, 1.82) is 0 Å².